The molecule has 0 atom stereocenters. The molecule has 0 aliphatic heterocycles. The lowest BCUT2D eigenvalue weighted by Crippen LogP contribution is -2.42. The van der Waals surface area contributed by atoms with Crippen molar-refractivity contribution in [3.63, 3.8) is 0 Å². The van der Waals surface area contributed by atoms with Crippen LogP contribution in [0.3, 0.4) is 0 Å². The van der Waals surface area contributed by atoms with E-state index in [1.165, 1.54) is 6.07 Å². The molecule has 0 aromatic carbocycles. The van der Waals surface area contributed by atoms with E-state index in [1.54, 1.807) is 0 Å². The van der Waals surface area contributed by atoms with Crippen molar-refractivity contribution in [3.05, 3.63) is 22.1 Å². The van der Waals surface area contributed by atoms with Gasteiger partial charge >= 0.3 is 0 Å². The molecule has 0 fully saturated rings. The Kier molecular flexibility index (Phi) is 1.62. The summed E-state index contributed by atoms with van der Waals surface area (Å²) >= 11 is 0. The lowest BCUT2D eigenvalue weighted by Gasteiger charge is -2.04. The number of anilines is 1. The van der Waals surface area contributed by atoms with Crippen LogP contribution in [0.15, 0.2) is 10.5 Å². The third kappa shape index (κ3) is 1.20. The predicted molar refractivity (Wildman–Crippen MR) is 48.0 cm³/mol. The van der Waals surface area contributed by atoms with Crippen molar-refractivity contribution >= 4 is 17.7 Å². The number of nitrogens with two attached hydrogens (primary N) is 1. The van der Waals surface area contributed by atoms with Crippen LogP contribution in [0.5, 0.6) is 0 Å². The van der Waals surface area contributed by atoms with Crippen LogP contribution in [-0.4, -0.2) is 5.11 Å². The Hall–Kier alpha value is -1.71. The van der Waals surface area contributed by atoms with E-state index in [0.29, 0.717) is 17.1 Å². The Morgan fingerprint density at radius 2 is 2.31 bits per heavy atom. The van der Waals surface area contributed by atoms with Gasteiger partial charge < -0.3 is 15.3 Å². The molecule has 1 heterocycles. The monoisotopic (exact) mass is 178 g/mol. The molecule has 1 aliphatic carbocycles. The summed E-state index contributed by atoms with van der Waals surface area (Å²) in [6, 6.07) is 1.40. The second kappa shape index (κ2) is 2.65. The molecule has 1 aromatic rings. The van der Waals surface area contributed by atoms with Crippen molar-refractivity contribution in [1.29, 1.82) is 5.41 Å². The smallest absolute Gasteiger partial charge is 0.193 e. The van der Waals surface area contributed by atoms with Gasteiger partial charge in [-0.3, -0.25) is 5.41 Å². The normalized spacial score (nSPS) is 14.9. The summed E-state index contributed by atoms with van der Waals surface area (Å²) in [5.74, 6) is 0.418. The fraction of sp³-hybridized carbons (Fsp3) is 0.222. The van der Waals surface area contributed by atoms with Gasteiger partial charge in [0.15, 0.2) is 5.88 Å². The van der Waals surface area contributed by atoms with Gasteiger partial charge in [-0.05, 0) is 12.5 Å². The molecule has 0 unspecified atom stereocenters. The van der Waals surface area contributed by atoms with E-state index in [0.717, 1.165) is 6.42 Å². The number of rotatable bonds is 0. The van der Waals surface area contributed by atoms with Crippen LogP contribution >= 0.6 is 0 Å². The zero-order chi connectivity index (χ0) is 9.42. The summed E-state index contributed by atoms with van der Waals surface area (Å²) in [6.45, 7) is 0. The third-order valence-electron chi connectivity index (χ3n) is 2.03. The maximum absolute atomic E-state index is 9.51. The second-order valence-electron chi connectivity index (χ2n) is 2.99. The molecule has 0 radical (unpaired) electrons. The zero-order valence-corrected chi connectivity index (χ0v) is 7.00. The highest BCUT2D eigenvalue weighted by Gasteiger charge is 2.06. The molecule has 2 rings (SSSR count). The predicted octanol–water partition coefficient (Wildman–Crippen LogP) is -0.418. The largest absolute Gasteiger partial charge is 0.511 e. The first-order chi connectivity index (χ1) is 6.18. The van der Waals surface area contributed by atoms with Gasteiger partial charge in [-0.15, -0.1) is 0 Å². The van der Waals surface area contributed by atoms with Gasteiger partial charge in [-0.25, -0.2) is 0 Å². The summed E-state index contributed by atoms with van der Waals surface area (Å²) in [5, 5.41) is 17.8. The number of nitrogen functional groups attached to an aromatic ring is 1. The first-order valence-corrected chi connectivity index (χ1v) is 4.05. The Balaban J connectivity index is 3.03. The van der Waals surface area contributed by atoms with E-state index >= 15 is 0 Å². The molecule has 4 heteroatoms. The lowest BCUT2D eigenvalue weighted by molar-refractivity contribution is 0.460. The molecule has 1 aliphatic rings. The fourth-order valence-electron chi connectivity index (χ4n) is 1.46. The van der Waals surface area contributed by atoms with E-state index in [2.05, 4.69) is 0 Å². The molecule has 68 valence electrons. The average molecular weight is 178 g/mol. The van der Waals surface area contributed by atoms with Crippen LogP contribution in [-0.2, 0) is 0 Å². The molecule has 4 N–H and O–H groups in total. The summed E-state index contributed by atoms with van der Waals surface area (Å²) in [5.41, 5.74) is 5.94. The van der Waals surface area contributed by atoms with Crippen molar-refractivity contribution < 1.29 is 9.52 Å². The summed E-state index contributed by atoms with van der Waals surface area (Å²) in [4.78, 5) is 0. The highest BCUT2D eigenvalue weighted by atomic mass is 16.3. The Labute approximate surface area is 74.1 Å². The fourth-order valence-corrected chi connectivity index (χ4v) is 1.46. The Morgan fingerprint density at radius 3 is 3.08 bits per heavy atom. The minimum absolute atomic E-state index is 0.203. The van der Waals surface area contributed by atoms with Gasteiger partial charge in [0.05, 0.1) is 10.6 Å². The van der Waals surface area contributed by atoms with Gasteiger partial charge in [-0.2, -0.15) is 0 Å². The first-order valence-electron chi connectivity index (χ1n) is 4.05. The summed E-state index contributed by atoms with van der Waals surface area (Å²) in [6.07, 6.45) is 3.13. The highest BCUT2D eigenvalue weighted by Crippen LogP contribution is 2.02. The van der Waals surface area contributed by atoms with Crippen LogP contribution in [0.4, 0.5) is 5.88 Å². The van der Waals surface area contributed by atoms with Crippen LogP contribution < -0.4 is 21.7 Å². The zero-order valence-electron chi connectivity index (χ0n) is 7.00. The molecule has 13 heavy (non-hydrogen) atoms. The van der Waals surface area contributed by atoms with Gasteiger partial charge in [-0.1, -0.05) is 0 Å². The first kappa shape index (κ1) is 7.91. The molecular formula is C9H10N2O2. The number of nitrogens with one attached hydrogen (secondary N) is 1. The number of fused-ring (bicyclic) bond motifs is 1. The van der Waals surface area contributed by atoms with Gasteiger partial charge in [0.25, 0.3) is 0 Å². The minimum atomic E-state index is 0.203. The van der Waals surface area contributed by atoms with Crippen molar-refractivity contribution in [2.75, 3.05) is 5.73 Å². The molecule has 0 saturated heterocycles. The van der Waals surface area contributed by atoms with Crippen molar-refractivity contribution in [3.8, 4) is 0 Å². The quantitative estimate of drug-likeness (QED) is 0.504. The topological polar surface area (TPSA) is 83.2 Å². The van der Waals surface area contributed by atoms with Crippen LogP contribution in [0.25, 0.3) is 11.8 Å². The van der Waals surface area contributed by atoms with Gasteiger partial charge in [0, 0.05) is 12.5 Å². The SMILES string of the molecule is N=c1cc(N)oc2c1=C(O)CCC=2. The van der Waals surface area contributed by atoms with Crippen molar-refractivity contribution in [1.82, 2.24) is 0 Å². The van der Waals surface area contributed by atoms with E-state index in [4.69, 9.17) is 15.6 Å². The molecule has 1 aromatic heterocycles. The van der Waals surface area contributed by atoms with Crippen LogP contribution in [0.1, 0.15) is 12.8 Å². The average Bonchev–Trinajstić information content (AvgIpc) is 2.02. The summed E-state index contributed by atoms with van der Waals surface area (Å²) < 4.78 is 5.17. The maximum atomic E-state index is 9.51. The van der Waals surface area contributed by atoms with Crippen molar-refractivity contribution in [2.24, 2.45) is 0 Å². The molecule has 4 nitrogen and oxygen atoms in total. The number of aliphatic hydroxyl groups excluding tert-OH is 1. The Bertz CT molecular complexity index is 513. The van der Waals surface area contributed by atoms with Gasteiger partial charge in [0.2, 0.25) is 0 Å². The number of hydrogen-bond acceptors (Lipinski definition) is 4. The van der Waals surface area contributed by atoms with Gasteiger partial charge in [0.1, 0.15) is 11.2 Å². The van der Waals surface area contributed by atoms with E-state index in [-0.39, 0.29) is 17.0 Å². The second-order valence-corrected chi connectivity index (χ2v) is 2.99. The van der Waals surface area contributed by atoms with Crippen LogP contribution in [0, 0.1) is 5.41 Å². The summed E-state index contributed by atoms with van der Waals surface area (Å²) in [7, 11) is 0. The molecular weight excluding hydrogens is 168 g/mol. The maximum Gasteiger partial charge on any atom is 0.193 e. The molecule has 0 spiro atoms. The molecule has 0 bridgehead atoms. The standard InChI is InChI=1S/C9H10N2O2/c10-5-4-8(11)13-7-3-1-2-6(12)9(5)7/h3-4,10,12H,1-2,11H2. The van der Waals surface area contributed by atoms with Crippen molar-refractivity contribution in [2.45, 2.75) is 12.8 Å². The van der Waals surface area contributed by atoms with E-state index < -0.39 is 0 Å². The molecule has 0 amide bonds. The number of hydrogen-bond donors (Lipinski definition) is 3. The van der Waals surface area contributed by atoms with Crippen LogP contribution in [0.2, 0.25) is 0 Å². The minimum Gasteiger partial charge on any atom is -0.511 e. The number of aliphatic hydroxyl groups is 1. The highest BCUT2D eigenvalue weighted by molar-refractivity contribution is 5.42. The molecule has 0 saturated carbocycles. The Morgan fingerprint density at radius 1 is 1.54 bits per heavy atom. The lowest BCUT2D eigenvalue weighted by atomic mass is 10.1. The van der Waals surface area contributed by atoms with E-state index in [9.17, 15) is 5.11 Å². The third-order valence-corrected chi connectivity index (χ3v) is 2.03. The van der Waals surface area contributed by atoms with E-state index in [1.807, 2.05) is 6.08 Å².